The molecule has 4 aromatic rings. The predicted octanol–water partition coefficient (Wildman–Crippen LogP) is 3.92. The first-order valence-electron chi connectivity index (χ1n) is 11.7. The lowest BCUT2D eigenvalue weighted by atomic mass is 9.99. The Balaban J connectivity index is 1.29. The van der Waals surface area contributed by atoms with Crippen LogP contribution in [0, 0.1) is 5.82 Å². The molecular formula is C26H25FN6O2. The molecule has 2 aliphatic rings. The molecule has 0 bridgehead atoms. The monoisotopic (exact) mass is 472 g/mol. The summed E-state index contributed by atoms with van der Waals surface area (Å²) in [4.78, 5) is 24.1. The minimum atomic E-state index is -0.339. The molecule has 1 aromatic carbocycles. The van der Waals surface area contributed by atoms with Crippen molar-refractivity contribution in [3.63, 3.8) is 0 Å². The SMILES string of the molecule is CC(c1ccc(Nc2ccc(-c3cnc4cc(F)ccn34)c3c2C(=O)NC3)nc1)N1CCOCC1. The number of nitrogens with one attached hydrogen (secondary N) is 2. The number of carbonyl (C=O) groups excluding carboxylic acids is 1. The summed E-state index contributed by atoms with van der Waals surface area (Å²) in [5, 5.41) is 6.25. The van der Waals surface area contributed by atoms with Gasteiger partial charge in [0, 0.05) is 49.7 Å². The van der Waals surface area contributed by atoms with Crippen LogP contribution in [0.3, 0.4) is 0 Å². The van der Waals surface area contributed by atoms with Crippen molar-refractivity contribution in [2.24, 2.45) is 0 Å². The normalized spacial score (nSPS) is 16.8. The maximum atomic E-state index is 13.6. The van der Waals surface area contributed by atoms with Gasteiger partial charge in [-0.05, 0) is 36.2 Å². The molecule has 8 nitrogen and oxygen atoms in total. The highest BCUT2D eigenvalue weighted by molar-refractivity contribution is 6.06. The summed E-state index contributed by atoms with van der Waals surface area (Å²) in [6.45, 7) is 5.93. The Kier molecular flexibility index (Phi) is 5.43. The molecular weight excluding hydrogens is 447 g/mol. The van der Waals surface area contributed by atoms with Gasteiger partial charge in [0.05, 0.1) is 36.4 Å². The minimum Gasteiger partial charge on any atom is -0.379 e. The summed E-state index contributed by atoms with van der Waals surface area (Å²) in [5.41, 5.74) is 5.50. The molecule has 3 aromatic heterocycles. The maximum absolute atomic E-state index is 13.6. The van der Waals surface area contributed by atoms with Gasteiger partial charge in [-0.15, -0.1) is 0 Å². The van der Waals surface area contributed by atoms with E-state index in [0.29, 0.717) is 29.3 Å². The zero-order valence-electron chi connectivity index (χ0n) is 19.3. The van der Waals surface area contributed by atoms with Crippen LogP contribution in [0.4, 0.5) is 15.9 Å². The van der Waals surface area contributed by atoms with Gasteiger partial charge in [0.2, 0.25) is 0 Å². The van der Waals surface area contributed by atoms with Gasteiger partial charge < -0.3 is 15.4 Å². The van der Waals surface area contributed by atoms with Crippen LogP contribution in [0.5, 0.6) is 0 Å². The molecule has 6 rings (SSSR count). The van der Waals surface area contributed by atoms with Gasteiger partial charge in [-0.25, -0.2) is 14.4 Å². The average molecular weight is 473 g/mol. The molecule has 2 N–H and O–H groups in total. The molecule has 35 heavy (non-hydrogen) atoms. The number of fused-ring (bicyclic) bond motifs is 2. The lowest BCUT2D eigenvalue weighted by Gasteiger charge is -2.32. The molecule has 0 spiro atoms. The van der Waals surface area contributed by atoms with Crippen molar-refractivity contribution in [3.05, 3.63) is 77.5 Å². The standard InChI is InChI=1S/C26H25FN6O2/c1-16(32-8-10-35-11-9-32)17-2-5-23(28-13-17)31-21-4-3-19(20-14-30-26(34)25(20)21)22-15-29-24-12-18(27)6-7-33(22)24/h2-7,12-13,15-16H,8-11,14H2,1H3,(H,28,31)(H,30,34). The molecule has 9 heteroatoms. The number of benzene rings is 1. The molecule has 2 aliphatic heterocycles. The third kappa shape index (κ3) is 3.92. The number of halogens is 1. The van der Waals surface area contributed by atoms with Crippen molar-refractivity contribution in [1.82, 2.24) is 24.6 Å². The Hall–Kier alpha value is -3.82. The fraction of sp³-hybridized carbons (Fsp3) is 0.269. The molecule has 1 amide bonds. The molecule has 0 aliphatic carbocycles. The van der Waals surface area contributed by atoms with Crippen LogP contribution in [0.2, 0.25) is 0 Å². The summed E-state index contributed by atoms with van der Waals surface area (Å²) >= 11 is 0. The second-order valence-electron chi connectivity index (χ2n) is 8.84. The van der Waals surface area contributed by atoms with E-state index in [4.69, 9.17) is 4.74 Å². The van der Waals surface area contributed by atoms with E-state index in [-0.39, 0.29) is 17.8 Å². The minimum absolute atomic E-state index is 0.137. The van der Waals surface area contributed by atoms with E-state index in [1.54, 1.807) is 12.4 Å². The summed E-state index contributed by atoms with van der Waals surface area (Å²) in [6, 6.07) is 10.9. The summed E-state index contributed by atoms with van der Waals surface area (Å²) in [7, 11) is 0. The Morgan fingerprint density at radius 2 is 1.97 bits per heavy atom. The van der Waals surface area contributed by atoms with Gasteiger partial charge in [0.25, 0.3) is 5.91 Å². The predicted molar refractivity (Wildman–Crippen MR) is 130 cm³/mol. The molecule has 1 unspecified atom stereocenters. The first kappa shape index (κ1) is 21.7. The number of aromatic nitrogens is 3. The van der Waals surface area contributed by atoms with E-state index >= 15 is 0 Å². The Labute approximate surface area is 201 Å². The zero-order chi connectivity index (χ0) is 23.9. The average Bonchev–Trinajstić information content (AvgIpc) is 3.48. The molecule has 1 atom stereocenters. The van der Waals surface area contributed by atoms with Gasteiger partial charge in [-0.1, -0.05) is 12.1 Å². The first-order valence-corrected chi connectivity index (χ1v) is 11.7. The quantitative estimate of drug-likeness (QED) is 0.458. The summed E-state index contributed by atoms with van der Waals surface area (Å²) in [5.74, 6) is 0.193. The maximum Gasteiger partial charge on any atom is 0.254 e. The van der Waals surface area contributed by atoms with Crippen LogP contribution in [0.25, 0.3) is 16.9 Å². The van der Waals surface area contributed by atoms with Crippen molar-refractivity contribution in [3.8, 4) is 11.3 Å². The van der Waals surface area contributed by atoms with Crippen LogP contribution in [0.1, 0.15) is 34.5 Å². The molecule has 5 heterocycles. The molecule has 1 saturated heterocycles. The second-order valence-corrected chi connectivity index (χ2v) is 8.84. The van der Waals surface area contributed by atoms with Gasteiger partial charge in [-0.3, -0.25) is 14.1 Å². The highest BCUT2D eigenvalue weighted by Crippen LogP contribution is 2.35. The topological polar surface area (TPSA) is 83.8 Å². The zero-order valence-corrected chi connectivity index (χ0v) is 19.3. The molecule has 0 saturated carbocycles. The van der Waals surface area contributed by atoms with Crippen molar-refractivity contribution in [2.75, 3.05) is 31.6 Å². The van der Waals surface area contributed by atoms with E-state index in [9.17, 15) is 9.18 Å². The van der Waals surface area contributed by atoms with Crippen molar-refractivity contribution >= 4 is 23.1 Å². The number of ether oxygens (including phenoxy) is 1. The smallest absolute Gasteiger partial charge is 0.254 e. The molecule has 178 valence electrons. The molecule has 0 radical (unpaired) electrons. The third-order valence-electron chi connectivity index (χ3n) is 6.84. The van der Waals surface area contributed by atoms with Gasteiger partial charge >= 0.3 is 0 Å². The highest BCUT2D eigenvalue weighted by Gasteiger charge is 2.27. The van der Waals surface area contributed by atoms with Crippen LogP contribution in [-0.4, -0.2) is 51.5 Å². The Morgan fingerprint density at radius 3 is 2.77 bits per heavy atom. The van der Waals surface area contributed by atoms with Crippen LogP contribution >= 0.6 is 0 Å². The highest BCUT2D eigenvalue weighted by atomic mass is 19.1. The van der Waals surface area contributed by atoms with E-state index in [2.05, 4.69) is 38.5 Å². The van der Waals surface area contributed by atoms with Gasteiger partial charge in [-0.2, -0.15) is 0 Å². The summed E-state index contributed by atoms with van der Waals surface area (Å²) < 4.78 is 20.9. The number of nitrogens with zero attached hydrogens (tertiary/aromatic N) is 4. The van der Waals surface area contributed by atoms with Crippen LogP contribution in [0.15, 0.2) is 55.0 Å². The Bertz CT molecular complexity index is 1410. The van der Waals surface area contributed by atoms with E-state index in [0.717, 1.165) is 48.7 Å². The van der Waals surface area contributed by atoms with Gasteiger partial charge in [0.1, 0.15) is 17.3 Å². The molecule has 1 fully saturated rings. The third-order valence-corrected chi connectivity index (χ3v) is 6.84. The lowest BCUT2D eigenvalue weighted by molar-refractivity contribution is 0.0198. The van der Waals surface area contributed by atoms with E-state index < -0.39 is 0 Å². The Morgan fingerprint density at radius 1 is 1.11 bits per heavy atom. The largest absolute Gasteiger partial charge is 0.379 e. The van der Waals surface area contributed by atoms with Gasteiger partial charge in [0.15, 0.2) is 0 Å². The first-order chi connectivity index (χ1) is 17.1. The fourth-order valence-corrected chi connectivity index (χ4v) is 4.89. The number of rotatable bonds is 5. The lowest BCUT2D eigenvalue weighted by Crippen LogP contribution is -2.38. The number of hydrogen-bond acceptors (Lipinski definition) is 6. The number of anilines is 2. The number of imidazole rings is 1. The number of amides is 1. The van der Waals surface area contributed by atoms with Crippen LogP contribution in [-0.2, 0) is 11.3 Å². The number of morpholine rings is 1. The van der Waals surface area contributed by atoms with Crippen LogP contribution < -0.4 is 10.6 Å². The number of pyridine rings is 2. The van der Waals surface area contributed by atoms with Crippen molar-refractivity contribution in [1.29, 1.82) is 0 Å². The number of carbonyl (C=O) groups is 1. The number of hydrogen-bond donors (Lipinski definition) is 2. The van der Waals surface area contributed by atoms with Crippen molar-refractivity contribution < 1.29 is 13.9 Å². The second kappa shape index (κ2) is 8.75. The van der Waals surface area contributed by atoms with E-state index in [1.165, 1.54) is 12.1 Å². The fourth-order valence-electron chi connectivity index (χ4n) is 4.89. The summed E-state index contributed by atoms with van der Waals surface area (Å²) in [6.07, 6.45) is 5.24. The van der Waals surface area contributed by atoms with Crippen molar-refractivity contribution in [2.45, 2.75) is 19.5 Å². The van der Waals surface area contributed by atoms with E-state index in [1.807, 2.05) is 28.8 Å².